The van der Waals surface area contributed by atoms with Crippen LogP contribution < -0.4 is 10.1 Å². The lowest BCUT2D eigenvalue weighted by Gasteiger charge is -2.22. The van der Waals surface area contributed by atoms with E-state index in [9.17, 15) is 4.39 Å². The van der Waals surface area contributed by atoms with Crippen LogP contribution in [0.25, 0.3) is 0 Å². The maximum Gasteiger partial charge on any atom is 0.126 e. The smallest absolute Gasteiger partial charge is 0.126 e. The summed E-state index contributed by atoms with van der Waals surface area (Å²) in [6, 6.07) is 10.9. The molecule has 2 nitrogen and oxygen atoms in total. The monoisotopic (exact) mass is 287 g/mol. The van der Waals surface area contributed by atoms with Crippen molar-refractivity contribution in [3.8, 4) is 5.75 Å². The van der Waals surface area contributed by atoms with Gasteiger partial charge >= 0.3 is 0 Å². The number of hydrogen-bond acceptors (Lipinski definition) is 2. The maximum atomic E-state index is 13.1. The van der Waals surface area contributed by atoms with E-state index >= 15 is 0 Å². The Morgan fingerprint density at radius 2 is 1.76 bits per heavy atom. The summed E-state index contributed by atoms with van der Waals surface area (Å²) >= 11 is 0. The fourth-order valence-electron chi connectivity index (χ4n) is 2.60. The summed E-state index contributed by atoms with van der Waals surface area (Å²) in [7, 11) is 1.69. The number of hydrogen-bond donors (Lipinski definition) is 1. The number of nitrogens with one attached hydrogen (secondary N) is 1. The minimum absolute atomic E-state index is 0.150. The molecule has 0 heterocycles. The van der Waals surface area contributed by atoms with Crippen molar-refractivity contribution >= 4 is 5.69 Å². The van der Waals surface area contributed by atoms with Gasteiger partial charge in [-0.1, -0.05) is 25.1 Å². The highest BCUT2D eigenvalue weighted by atomic mass is 19.1. The van der Waals surface area contributed by atoms with E-state index in [1.54, 1.807) is 7.11 Å². The molecule has 0 aliphatic rings. The first-order valence-electron chi connectivity index (χ1n) is 7.23. The molecular weight excluding hydrogens is 265 g/mol. The van der Waals surface area contributed by atoms with Crippen LogP contribution in [0.5, 0.6) is 5.75 Å². The minimum Gasteiger partial charge on any atom is -0.496 e. The first kappa shape index (κ1) is 15.4. The maximum absolute atomic E-state index is 13.1. The molecule has 0 bridgehead atoms. The van der Waals surface area contributed by atoms with Crippen LogP contribution in [0.2, 0.25) is 0 Å². The Morgan fingerprint density at radius 1 is 1.10 bits per heavy atom. The van der Waals surface area contributed by atoms with Gasteiger partial charge in [-0.3, -0.25) is 0 Å². The van der Waals surface area contributed by atoms with Crippen LogP contribution in [-0.2, 0) is 0 Å². The number of aryl methyl sites for hydroxylation is 1. The lowest BCUT2D eigenvalue weighted by molar-refractivity contribution is 0.409. The molecule has 2 aromatic rings. The lowest BCUT2D eigenvalue weighted by Crippen LogP contribution is -2.11. The van der Waals surface area contributed by atoms with Crippen molar-refractivity contribution in [3.05, 3.63) is 58.9 Å². The van der Waals surface area contributed by atoms with E-state index < -0.39 is 0 Å². The second-order valence-electron chi connectivity index (χ2n) is 5.24. The number of ether oxygens (including phenoxy) is 1. The largest absolute Gasteiger partial charge is 0.496 e. The van der Waals surface area contributed by atoms with Gasteiger partial charge in [0.15, 0.2) is 0 Å². The topological polar surface area (TPSA) is 21.3 Å². The summed E-state index contributed by atoms with van der Waals surface area (Å²) in [5.74, 6) is 0.704. The molecule has 0 spiro atoms. The van der Waals surface area contributed by atoms with Gasteiger partial charge in [0.05, 0.1) is 13.2 Å². The average molecular weight is 287 g/mol. The van der Waals surface area contributed by atoms with Crippen molar-refractivity contribution in [2.45, 2.75) is 33.2 Å². The summed E-state index contributed by atoms with van der Waals surface area (Å²) in [4.78, 5) is 0. The SMILES string of the molecule is CCC(Nc1ccc(C)c(OC)c1C)c1ccc(F)cc1. The second kappa shape index (κ2) is 6.61. The molecule has 1 unspecified atom stereocenters. The quantitative estimate of drug-likeness (QED) is 0.834. The van der Waals surface area contributed by atoms with Crippen molar-refractivity contribution in [2.24, 2.45) is 0 Å². The predicted molar refractivity (Wildman–Crippen MR) is 85.5 cm³/mol. The molecule has 0 aromatic heterocycles. The highest BCUT2D eigenvalue weighted by Crippen LogP contribution is 2.32. The van der Waals surface area contributed by atoms with E-state index in [0.29, 0.717) is 0 Å². The third-order valence-electron chi connectivity index (χ3n) is 3.82. The van der Waals surface area contributed by atoms with E-state index in [1.807, 2.05) is 32.0 Å². The Morgan fingerprint density at radius 3 is 2.33 bits per heavy atom. The predicted octanol–water partition coefficient (Wildman–Crippen LogP) is 5.01. The van der Waals surface area contributed by atoms with E-state index in [2.05, 4.69) is 18.3 Å². The van der Waals surface area contributed by atoms with Crippen LogP contribution in [0.15, 0.2) is 36.4 Å². The Bertz CT molecular complexity index is 607. The van der Waals surface area contributed by atoms with Crippen molar-refractivity contribution < 1.29 is 9.13 Å². The summed E-state index contributed by atoms with van der Waals surface area (Å²) < 4.78 is 18.5. The molecule has 112 valence electrons. The van der Waals surface area contributed by atoms with Gasteiger partial charge in [0, 0.05) is 11.3 Å². The third kappa shape index (κ3) is 3.35. The van der Waals surface area contributed by atoms with Crippen molar-refractivity contribution in [3.63, 3.8) is 0 Å². The molecule has 21 heavy (non-hydrogen) atoms. The van der Waals surface area contributed by atoms with Gasteiger partial charge in [0.25, 0.3) is 0 Å². The minimum atomic E-state index is -0.207. The Hall–Kier alpha value is -2.03. The highest BCUT2D eigenvalue weighted by molar-refractivity contribution is 5.60. The van der Waals surface area contributed by atoms with Gasteiger partial charge in [-0.15, -0.1) is 0 Å². The zero-order valence-corrected chi connectivity index (χ0v) is 13.0. The van der Waals surface area contributed by atoms with Crippen LogP contribution in [-0.4, -0.2) is 7.11 Å². The highest BCUT2D eigenvalue weighted by Gasteiger charge is 2.13. The molecular formula is C18H22FNO. The molecule has 0 radical (unpaired) electrons. The average Bonchev–Trinajstić information content (AvgIpc) is 2.48. The fraction of sp³-hybridized carbons (Fsp3) is 0.333. The van der Waals surface area contributed by atoms with Gasteiger partial charge in [0.1, 0.15) is 11.6 Å². The number of rotatable bonds is 5. The fourth-order valence-corrected chi connectivity index (χ4v) is 2.60. The standard InChI is InChI=1S/C18H22FNO/c1-5-16(14-7-9-15(19)10-8-14)20-17-11-6-12(2)18(21-4)13(17)3/h6-11,16,20H,5H2,1-4H3. The van der Waals surface area contributed by atoms with Crippen LogP contribution in [0, 0.1) is 19.7 Å². The number of halogens is 1. The molecule has 1 N–H and O–H groups in total. The van der Waals surface area contributed by atoms with E-state index in [-0.39, 0.29) is 11.9 Å². The summed E-state index contributed by atoms with van der Waals surface area (Å²) in [6.45, 7) is 6.19. The van der Waals surface area contributed by atoms with Crippen molar-refractivity contribution in [1.29, 1.82) is 0 Å². The molecule has 0 saturated heterocycles. The third-order valence-corrected chi connectivity index (χ3v) is 3.82. The number of methoxy groups -OCH3 is 1. The Balaban J connectivity index is 2.29. The lowest BCUT2D eigenvalue weighted by atomic mass is 10.0. The van der Waals surface area contributed by atoms with Crippen LogP contribution in [0.3, 0.4) is 0 Å². The van der Waals surface area contributed by atoms with Gasteiger partial charge in [0.2, 0.25) is 0 Å². The summed E-state index contributed by atoms with van der Waals surface area (Å²) in [5.41, 5.74) is 4.35. The molecule has 0 saturated carbocycles. The number of benzene rings is 2. The second-order valence-corrected chi connectivity index (χ2v) is 5.24. The summed E-state index contributed by atoms with van der Waals surface area (Å²) in [6.07, 6.45) is 0.918. The zero-order chi connectivity index (χ0) is 15.4. The molecule has 0 aliphatic carbocycles. The van der Waals surface area contributed by atoms with E-state index in [0.717, 1.165) is 34.5 Å². The van der Waals surface area contributed by atoms with Crippen LogP contribution in [0.1, 0.15) is 36.1 Å². The van der Waals surface area contributed by atoms with Gasteiger partial charge in [-0.2, -0.15) is 0 Å². The first-order chi connectivity index (χ1) is 10.1. The molecule has 2 aromatic carbocycles. The van der Waals surface area contributed by atoms with Crippen LogP contribution >= 0.6 is 0 Å². The molecule has 0 aliphatic heterocycles. The Kier molecular flexibility index (Phi) is 4.84. The summed E-state index contributed by atoms with van der Waals surface area (Å²) in [5, 5.41) is 3.53. The van der Waals surface area contributed by atoms with Crippen molar-refractivity contribution in [2.75, 3.05) is 12.4 Å². The molecule has 3 heteroatoms. The molecule has 2 rings (SSSR count). The van der Waals surface area contributed by atoms with Gasteiger partial charge in [-0.25, -0.2) is 4.39 Å². The molecule has 0 amide bonds. The van der Waals surface area contributed by atoms with Gasteiger partial charge in [-0.05, 0) is 49.6 Å². The first-order valence-corrected chi connectivity index (χ1v) is 7.23. The molecule has 0 fully saturated rings. The van der Waals surface area contributed by atoms with E-state index in [1.165, 1.54) is 12.1 Å². The van der Waals surface area contributed by atoms with E-state index in [4.69, 9.17) is 4.74 Å². The van der Waals surface area contributed by atoms with Crippen molar-refractivity contribution in [1.82, 2.24) is 0 Å². The zero-order valence-electron chi connectivity index (χ0n) is 13.0. The number of anilines is 1. The van der Waals surface area contributed by atoms with Gasteiger partial charge < -0.3 is 10.1 Å². The van der Waals surface area contributed by atoms with Crippen LogP contribution in [0.4, 0.5) is 10.1 Å². The normalized spacial score (nSPS) is 12.0. The Labute approximate surface area is 126 Å². The molecule has 1 atom stereocenters.